The SMILES string of the molecule is CN=C(NCc1ccc(Br)s1)NC1CCN(Cc2ccccc2)C(C)C1. The van der Waals surface area contributed by atoms with Gasteiger partial charge in [-0.05, 0) is 53.4 Å². The van der Waals surface area contributed by atoms with Crippen LogP contribution in [0.15, 0.2) is 51.2 Å². The second-order valence-corrected chi connectivity index (χ2v) is 9.35. The van der Waals surface area contributed by atoms with E-state index in [9.17, 15) is 0 Å². The summed E-state index contributed by atoms with van der Waals surface area (Å²) in [6, 6.07) is 16.0. The van der Waals surface area contributed by atoms with E-state index in [1.165, 1.54) is 10.4 Å². The first-order chi connectivity index (χ1) is 12.6. The van der Waals surface area contributed by atoms with Crippen LogP contribution in [0.25, 0.3) is 0 Å². The van der Waals surface area contributed by atoms with Gasteiger partial charge in [0.25, 0.3) is 0 Å². The maximum Gasteiger partial charge on any atom is 0.191 e. The van der Waals surface area contributed by atoms with Gasteiger partial charge in [0.15, 0.2) is 5.96 Å². The van der Waals surface area contributed by atoms with Crippen LogP contribution in [0.1, 0.15) is 30.2 Å². The Morgan fingerprint density at radius 2 is 2.08 bits per heavy atom. The third-order valence-corrected chi connectivity index (χ3v) is 6.49. The van der Waals surface area contributed by atoms with Gasteiger partial charge in [0.05, 0.1) is 10.3 Å². The number of hydrogen-bond donors (Lipinski definition) is 2. The first kappa shape index (κ1) is 19.4. The average molecular weight is 435 g/mol. The van der Waals surface area contributed by atoms with E-state index >= 15 is 0 Å². The van der Waals surface area contributed by atoms with Gasteiger partial charge in [-0.3, -0.25) is 9.89 Å². The Labute approximate surface area is 168 Å². The Hall–Kier alpha value is -1.37. The molecule has 1 aromatic carbocycles. The second-order valence-electron chi connectivity index (χ2n) is 6.80. The lowest BCUT2D eigenvalue weighted by Crippen LogP contribution is -2.51. The van der Waals surface area contributed by atoms with Gasteiger partial charge < -0.3 is 10.6 Å². The fourth-order valence-corrected chi connectivity index (χ4v) is 4.83. The van der Waals surface area contributed by atoms with E-state index in [-0.39, 0.29) is 0 Å². The summed E-state index contributed by atoms with van der Waals surface area (Å²) in [5.41, 5.74) is 1.39. The van der Waals surface area contributed by atoms with Crippen LogP contribution >= 0.6 is 27.3 Å². The van der Waals surface area contributed by atoms with Gasteiger partial charge >= 0.3 is 0 Å². The maximum atomic E-state index is 4.39. The van der Waals surface area contributed by atoms with Crippen LogP contribution in [0.5, 0.6) is 0 Å². The zero-order valence-electron chi connectivity index (χ0n) is 15.4. The minimum absolute atomic E-state index is 0.471. The van der Waals surface area contributed by atoms with Crippen LogP contribution in [-0.2, 0) is 13.1 Å². The molecule has 26 heavy (non-hydrogen) atoms. The molecule has 2 atom stereocenters. The predicted octanol–water partition coefficient (Wildman–Crippen LogP) is 4.23. The number of aliphatic imine (C=N–C) groups is 1. The monoisotopic (exact) mass is 434 g/mol. The van der Waals surface area contributed by atoms with E-state index < -0.39 is 0 Å². The number of likely N-dealkylation sites (tertiary alicyclic amines) is 1. The number of thiophene rings is 1. The Morgan fingerprint density at radius 3 is 2.73 bits per heavy atom. The molecule has 2 aromatic rings. The first-order valence-electron chi connectivity index (χ1n) is 9.13. The number of hydrogen-bond acceptors (Lipinski definition) is 3. The molecule has 0 aliphatic carbocycles. The van der Waals surface area contributed by atoms with Crippen molar-refractivity contribution in [1.82, 2.24) is 15.5 Å². The van der Waals surface area contributed by atoms with Gasteiger partial charge in [-0.15, -0.1) is 11.3 Å². The number of guanidine groups is 1. The van der Waals surface area contributed by atoms with Gasteiger partial charge in [0.1, 0.15) is 0 Å². The molecule has 6 heteroatoms. The van der Waals surface area contributed by atoms with Crippen LogP contribution in [0.2, 0.25) is 0 Å². The number of nitrogens with zero attached hydrogens (tertiary/aromatic N) is 2. The molecular weight excluding hydrogens is 408 g/mol. The summed E-state index contributed by atoms with van der Waals surface area (Å²) in [6.45, 7) is 5.28. The van der Waals surface area contributed by atoms with Crippen molar-refractivity contribution in [3.63, 3.8) is 0 Å². The smallest absolute Gasteiger partial charge is 0.191 e. The summed E-state index contributed by atoms with van der Waals surface area (Å²) in [7, 11) is 1.84. The van der Waals surface area contributed by atoms with Crippen molar-refractivity contribution in [3.8, 4) is 0 Å². The van der Waals surface area contributed by atoms with Gasteiger partial charge in [-0.25, -0.2) is 0 Å². The lowest BCUT2D eigenvalue weighted by molar-refractivity contribution is 0.134. The molecule has 0 bridgehead atoms. The largest absolute Gasteiger partial charge is 0.354 e. The highest BCUT2D eigenvalue weighted by Gasteiger charge is 2.25. The highest BCUT2D eigenvalue weighted by atomic mass is 79.9. The van der Waals surface area contributed by atoms with E-state index in [1.54, 1.807) is 11.3 Å². The third kappa shape index (κ3) is 5.56. The topological polar surface area (TPSA) is 39.7 Å². The van der Waals surface area contributed by atoms with Gasteiger partial charge in [-0.2, -0.15) is 0 Å². The standard InChI is InChI=1S/C20H27BrN4S/c1-15-12-17(10-11-25(15)14-16-6-4-3-5-7-16)24-20(22-2)23-13-18-8-9-19(21)26-18/h3-9,15,17H,10-14H2,1-2H3,(H2,22,23,24). The van der Waals surface area contributed by atoms with Crippen molar-refractivity contribution in [1.29, 1.82) is 0 Å². The van der Waals surface area contributed by atoms with Crippen LogP contribution in [-0.4, -0.2) is 36.5 Å². The third-order valence-electron chi connectivity index (χ3n) is 4.87. The number of nitrogens with one attached hydrogen (secondary N) is 2. The minimum atomic E-state index is 0.471. The zero-order valence-corrected chi connectivity index (χ0v) is 17.8. The molecule has 0 saturated carbocycles. The van der Waals surface area contributed by atoms with Crippen LogP contribution in [0.3, 0.4) is 0 Å². The molecule has 1 fully saturated rings. The predicted molar refractivity (Wildman–Crippen MR) is 115 cm³/mol. The molecule has 1 aliphatic heterocycles. The summed E-state index contributed by atoms with van der Waals surface area (Å²) in [4.78, 5) is 8.26. The van der Waals surface area contributed by atoms with E-state index in [0.717, 1.165) is 42.2 Å². The summed E-state index contributed by atoms with van der Waals surface area (Å²) >= 11 is 5.26. The van der Waals surface area contributed by atoms with Gasteiger partial charge in [0.2, 0.25) is 0 Å². The normalized spacial score (nSPS) is 21.6. The lowest BCUT2D eigenvalue weighted by Gasteiger charge is -2.38. The van der Waals surface area contributed by atoms with E-state index in [4.69, 9.17) is 0 Å². The van der Waals surface area contributed by atoms with Crippen molar-refractivity contribution >= 4 is 33.2 Å². The van der Waals surface area contributed by atoms with Crippen molar-refractivity contribution in [3.05, 3.63) is 56.7 Å². The quantitative estimate of drug-likeness (QED) is 0.546. The molecule has 0 radical (unpaired) electrons. The fraction of sp³-hybridized carbons (Fsp3) is 0.450. The minimum Gasteiger partial charge on any atom is -0.354 e. The fourth-order valence-electron chi connectivity index (χ4n) is 3.41. The van der Waals surface area contributed by atoms with Crippen LogP contribution in [0.4, 0.5) is 0 Å². The van der Waals surface area contributed by atoms with Gasteiger partial charge in [-0.1, -0.05) is 30.3 Å². The number of benzene rings is 1. The number of piperidine rings is 1. The van der Waals surface area contributed by atoms with E-state index in [0.29, 0.717) is 12.1 Å². The maximum absolute atomic E-state index is 4.39. The molecule has 1 saturated heterocycles. The summed E-state index contributed by atoms with van der Waals surface area (Å²) in [5, 5.41) is 7.03. The summed E-state index contributed by atoms with van der Waals surface area (Å²) in [5.74, 6) is 0.892. The Bertz CT molecular complexity index is 716. The van der Waals surface area contributed by atoms with Crippen molar-refractivity contribution < 1.29 is 0 Å². The van der Waals surface area contributed by atoms with Crippen LogP contribution < -0.4 is 10.6 Å². The molecule has 2 N–H and O–H groups in total. The molecule has 2 unspecified atom stereocenters. The number of halogens is 1. The molecule has 2 heterocycles. The molecule has 1 aromatic heterocycles. The van der Waals surface area contributed by atoms with E-state index in [2.05, 4.69) is 85.8 Å². The summed E-state index contributed by atoms with van der Waals surface area (Å²) in [6.07, 6.45) is 2.28. The second kappa shape index (κ2) is 9.53. The number of rotatable bonds is 5. The van der Waals surface area contributed by atoms with Crippen molar-refractivity contribution in [2.75, 3.05) is 13.6 Å². The highest BCUT2D eigenvalue weighted by molar-refractivity contribution is 9.11. The summed E-state index contributed by atoms with van der Waals surface area (Å²) < 4.78 is 1.16. The lowest BCUT2D eigenvalue weighted by atomic mass is 9.97. The zero-order chi connectivity index (χ0) is 18.4. The Kier molecular flexibility index (Phi) is 7.11. The first-order valence-corrected chi connectivity index (χ1v) is 10.7. The van der Waals surface area contributed by atoms with E-state index in [1.807, 2.05) is 7.05 Å². The Morgan fingerprint density at radius 1 is 1.27 bits per heavy atom. The van der Waals surface area contributed by atoms with Crippen LogP contribution in [0, 0.1) is 0 Å². The molecule has 4 nitrogen and oxygen atoms in total. The average Bonchev–Trinajstić information content (AvgIpc) is 3.07. The molecule has 140 valence electrons. The molecule has 0 spiro atoms. The van der Waals surface area contributed by atoms with Crippen molar-refractivity contribution in [2.45, 2.75) is 44.9 Å². The van der Waals surface area contributed by atoms with Gasteiger partial charge in [0, 0.05) is 37.1 Å². The highest BCUT2D eigenvalue weighted by Crippen LogP contribution is 2.22. The Balaban J connectivity index is 1.46. The molecule has 3 rings (SSSR count). The molecule has 1 aliphatic rings. The van der Waals surface area contributed by atoms with Crippen molar-refractivity contribution in [2.24, 2.45) is 4.99 Å². The molecular formula is C20H27BrN4S. The molecule has 0 amide bonds.